The minimum atomic E-state index is -4.48. The summed E-state index contributed by atoms with van der Waals surface area (Å²) in [5.41, 5.74) is 0.221. The van der Waals surface area contributed by atoms with E-state index >= 15 is 0 Å². The maximum absolute atomic E-state index is 13.0. The van der Waals surface area contributed by atoms with Gasteiger partial charge < -0.3 is 9.88 Å². The van der Waals surface area contributed by atoms with Crippen LogP contribution in [0.15, 0.2) is 35.3 Å². The van der Waals surface area contributed by atoms with Crippen molar-refractivity contribution < 1.29 is 22.8 Å². The number of aromatic amines is 1. The molecule has 0 unspecified atom stereocenters. The number of urea groups is 1. The van der Waals surface area contributed by atoms with Gasteiger partial charge in [-0.05, 0) is 18.6 Å². The van der Waals surface area contributed by atoms with Gasteiger partial charge in [0.15, 0.2) is 17.0 Å². The number of alkyl halides is 3. The molecule has 4 heterocycles. The van der Waals surface area contributed by atoms with Gasteiger partial charge in [-0.15, -0.1) is 0 Å². The maximum Gasteiger partial charge on any atom is 0.391 e. The van der Waals surface area contributed by atoms with Crippen LogP contribution in [0, 0.1) is 5.92 Å². The van der Waals surface area contributed by atoms with E-state index in [0.29, 0.717) is 25.2 Å². The molecule has 2 aliphatic rings. The van der Waals surface area contributed by atoms with Crippen molar-refractivity contribution in [1.82, 2.24) is 9.97 Å². The first kappa shape index (κ1) is 20.9. The predicted molar refractivity (Wildman–Crippen MR) is 108 cm³/mol. The predicted octanol–water partition coefficient (Wildman–Crippen LogP) is 3.17. The molecule has 2 aromatic heterocycles. The number of pyridine rings is 2. The Hall–Kier alpha value is -3.37. The Morgan fingerprint density at radius 2 is 2.10 bits per heavy atom. The van der Waals surface area contributed by atoms with E-state index in [1.54, 1.807) is 6.07 Å². The number of Topliss-reactive ketones (excluding diaryl/α,β-unsaturated/α-hetero) is 1. The molecule has 31 heavy (non-hydrogen) atoms. The van der Waals surface area contributed by atoms with Crippen molar-refractivity contribution in [2.24, 2.45) is 5.92 Å². The molecule has 0 spiro atoms. The Labute approximate surface area is 175 Å². The van der Waals surface area contributed by atoms with Crippen LogP contribution in [0.3, 0.4) is 0 Å². The molecule has 1 fully saturated rings. The topological polar surface area (TPSA) is 98.4 Å². The number of aromatic nitrogens is 2. The molecular formula is C20H20F3N5O3. The fraction of sp³-hybridized carbons (Fsp3) is 0.400. The van der Waals surface area contributed by atoms with E-state index in [0.717, 1.165) is 6.92 Å². The lowest BCUT2D eigenvalue weighted by Crippen LogP contribution is -2.48. The number of carbonyl (C=O) groups excluding carboxylic acids is 2. The summed E-state index contributed by atoms with van der Waals surface area (Å²) in [7, 11) is 0. The zero-order valence-electron chi connectivity index (χ0n) is 16.6. The van der Waals surface area contributed by atoms with Gasteiger partial charge in [0, 0.05) is 37.8 Å². The average Bonchev–Trinajstić information content (AvgIpc) is 3.11. The van der Waals surface area contributed by atoms with E-state index in [2.05, 4.69) is 15.3 Å². The van der Waals surface area contributed by atoms with Crippen molar-refractivity contribution in [2.75, 3.05) is 28.2 Å². The van der Waals surface area contributed by atoms with Crippen LogP contribution in [0.2, 0.25) is 0 Å². The van der Waals surface area contributed by atoms with Gasteiger partial charge >= 0.3 is 12.2 Å². The fourth-order valence-electron chi connectivity index (χ4n) is 3.82. The first-order valence-corrected chi connectivity index (χ1v) is 9.78. The summed E-state index contributed by atoms with van der Waals surface area (Å²) < 4.78 is 38.5. The van der Waals surface area contributed by atoms with E-state index in [9.17, 15) is 27.6 Å². The number of H-pyrrole nitrogens is 1. The lowest BCUT2D eigenvalue weighted by atomic mass is 10.0. The Bertz CT molecular complexity index is 1080. The molecule has 1 saturated heterocycles. The number of carbonyl (C=O) groups is 2. The Morgan fingerprint density at radius 3 is 2.81 bits per heavy atom. The van der Waals surface area contributed by atoms with Crippen LogP contribution in [0.25, 0.3) is 0 Å². The van der Waals surface area contributed by atoms with Crippen molar-refractivity contribution in [3.63, 3.8) is 0 Å². The zero-order chi connectivity index (χ0) is 22.3. The van der Waals surface area contributed by atoms with Crippen LogP contribution in [0.5, 0.6) is 0 Å². The smallest absolute Gasteiger partial charge is 0.366 e. The monoisotopic (exact) mass is 435 g/mol. The number of rotatable bonds is 4. The Morgan fingerprint density at radius 1 is 1.32 bits per heavy atom. The highest BCUT2D eigenvalue weighted by atomic mass is 19.4. The van der Waals surface area contributed by atoms with Gasteiger partial charge in [-0.2, -0.15) is 13.2 Å². The maximum atomic E-state index is 13.0. The molecular weight excluding hydrogens is 415 g/mol. The van der Waals surface area contributed by atoms with Gasteiger partial charge in [-0.1, -0.05) is 6.92 Å². The van der Waals surface area contributed by atoms with E-state index in [1.807, 2.05) is 4.90 Å². The normalized spacial score (nSPS) is 18.5. The Kier molecular flexibility index (Phi) is 5.19. The lowest BCUT2D eigenvalue weighted by Gasteiger charge is -2.35. The molecule has 8 nitrogen and oxygen atoms in total. The van der Waals surface area contributed by atoms with Crippen LogP contribution in [0.1, 0.15) is 30.3 Å². The molecule has 0 saturated carbocycles. The summed E-state index contributed by atoms with van der Waals surface area (Å²) in [6.07, 6.45) is -3.13. The van der Waals surface area contributed by atoms with E-state index < -0.39 is 30.3 Å². The SMILES string of the molecule is C[C@@H](CC(=O)c1ccc2c(n1)N(C(=O)Nc1cc(=O)cc[nH]1)[C@H]1CCN2C1)C(F)(F)F. The standard InChI is InChI=1S/C20H20F3N5O3/c1-11(20(21,22)23)8-16(30)14-2-3-15-18(25-14)28(12-5-7-27(15)10-12)19(31)26-17-9-13(29)4-6-24-17/h2-4,6,9,11-12H,5,7-8,10H2,1H3,(H2,24,26,29,31)/t11-,12-/m0/s1. The molecule has 0 radical (unpaired) electrons. The van der Waals surface area contributed by atoms with Gasteiger partial charge in [0.1, 0.15) is 11.5 Å². The third-order valence-corrected chi connectivity index (χ3v) is 5.52. The molecule has 11 heteroatoms. The number of nitrogens with zero attached hydrogens (tertiary/aromatic N) is 3. The summed E-state index contributed by atoms with van der Waals surface area (Å²) in [4.78, 5) is 47.5. The Balaban J connectivity index is 1.64. The quantitative estimate of drug-likeness (QED) is 0.719. The number of hydrogen-bond donors (Lipinski definition) is 2. The number of anilines is 3. The van der Waals surface area contributed by atoms with Crippen molar-refractivity contribution in [1.29, 1.82) is 0 Å². The second-order valence-electron chi connectivity index (χ2n) is 7.74. The minimum absolute atomic E-state index is 0.122. The van der Waals surface area contributed by atoms with E-state index in [-0.39, 0.29) is 28.8 Å². The fourth-order valence-corrected chi connectivity index (χ4v) is 3.82. The van der Waals surface area contributed by atoms with Crippen LogP contribution in [-0.4, -0.2) is 47.1 Å². The van der Waals surface area contributed by atoms with Crippen LogP contribution >= 0.6 is 0 Å². The van der Waals surface area contributed by atoms with Gasteiger partial charge in [0.05, 0.1) is 17.6 Å². The molecule has 2 bridgehead atoms. The molecule has 4 rings (SSSR count). The lowest BCUT2D eigenvalue weighted by molar-refractivity contribution is -0.168. The molecule has 2 atom stereocenters. The molecule has 0 aliphatic carbocycles. The second-order valence-corrected chi connectivity index (χ2v) is 7.74. The highest BCUT2D eigenvalue weighted by Crippen LogP contribution is 2.39. The van der Waals surface area contributed by atoms with E-state index in [1.165, 1.54) is 29.3 Å². The van der Waals surface area contributed by atoms with Gasteiger partial charge in [-0.3, -0.25) is 19.8 Å². The number of fused-ring (bicyclic) bond motifs is 4. The number of nitrogens with one attached hydrogen (secondary N) is 2. The van der Waals surface area contributed by atoms with Crippen LogP contribution in [-0.2, 0) is 0 Å². The average molecular weight is 435 g/mol. The van der Waals surface area contributed by atoms with Crippen molar-refractivity contribution in [2.45, 2.75) is 32.0 Å². The van der Waals surface area contributed by atoms with Gasteiger partial charge in [0.25, 0.3) is 0 Å². The van der Waals surface area contributed by atoms with Crippen LogP contribution in [0.4, 0.5) is 35.3 Å². The summed E-state index contributed by atoms with van der Waals surface area (Å²) in [6.45, 7) is 2.21. The highest BCUT2D eigenvalue weighted by molar-refractivity contribution is 6.05. The third-order valence-electron chi connectivity index (χ3n) is 5.52. The van der Waals surface area contributed by atoms with Gasteiger partial charge in [-0.25, -0.2) is 9.78 Å². The first-order valence-electron chi connectivity index (χ1n) is 9.78. The minimum Gasteiger partial charge on any atom is -0.366 e. The van der Waals surface area contributed by atoms with E-state index in [4.69, 9.17) is 0 Å². The largest absolute Gasteiger partial charge is 0.391 e. The molecule has 2 aromatic rings. The summed E-state index contributed by atoms with van der Waals surface area (Å²) in [6, 6.07) is 4.79. The molecule has 2 aliphatic heterocycles. The number of amides is 2. The van der Waals surface area contributed by atoms with Crippen LogP contribution < -0.4 is 20.5 Å². The summed E-state index contributed by atoms with van der Waals surface area (Å²) in [5.74, 6) is -2.12. The summed E-state index contributed by atoms with van der Waals surface area (Å²) in [5, 5.41) is 2.62. The molecule has 164 valence electrons. The van der Waals surface area contributed by atoms with Crippen molar-refractivity contribution in [3.05, 3.63) is 46.4 Å². The second kappa shape index (κ2) is 7.71. The number of hydrogen-bond acceptors (Lipinski definition) is 5. The third kappa shape index (κ3) is 4.12. The zero-order valence-corrected chi connectivity index (χ0v) is 16.6. The number of ketones is 1. The van der Waals surface area contributed by atoms with Crippen molar-refractivity contribution in [3.8, 4) is 0 Å². The molecule has 0 aromatic carbocycles. The van der Waals surface area contributed by atoms with Crippen molar-refractivity contribution >= 4 is 29.1 Å². The van der Waals surface area contributed by atoms with Gasteiger partial charge in [0.2, 0.25) is 0 Å². The highest BCUT2D eigenvalue weighted by Gasteiger charge is 2.41. The molecule has 2 amide bonds. The first-order chi connectivity index (χ1) is 14.6. The summed E-state index contributed by atoms with van der Waals surface area (Å²) >= 11 is 0. The number of halogens is 3. The molecule has 2 N–H and O–H groups in total.